The van der Waals surface area contributed by atoms with Crippen LogP contribution in [0.25, 0.3) is 0 Å². The van der Waals surface area contributed by atoms with E-state index in [0.717, 1.165) is 36.1 Å². The lowest BCUT2D eigenvalue weighted by Crippen LogP contribution is -2.53. The molecule has 11 heteroatoms. The molecule has 3 aromatic carbocycles. The summed E-state index contributed by atoms with van der Waals surface area (Å²) in [5.74, 6) is -1.08. The number of nitrogens with one attached hydrogen (secondary N) is 1. The van der Waals surface area contributed by atoms with Crippen LogP contribution in [-0.2, 0) is 32.2 Å². The maximum atomic E-state index is 14.0. The van der Waals surface area contributed by atoms with Crippen LogP contribution in [0.1, 0.15) is 49.8 Å². The Balaban J connectivity index is 2.05. The molecule has 0 aliphatic heterocycles. The first-order chi connectivity index (χ1) is 20.4. The van der Waals surface area contributed by atoms with E-state index < -0.39 is 40.3 Å². The van der Waals surface area contributed by atoms with Crippen LogP contribution >= 0.6 is 0 Å². The molecule has 7 nitrogen and oxygen atoms in total. The second-order valence-corrected chi connectivity index (χ2v) is 12.1. The third-order valence-electron chi connectivity index (χ3n) is 7.05. The Labute approximate surface area is 251 Å². The number of halogens is 3. The van der Waals surface area contributed by atoms with E-state index in [4.69, 9.17) is 0 Å². The van der Waals surface area contributed by atoms with Crippen LogP contribution in [0.5, 0.6) is 0 Å². The number of hydrogen-bond acceptors (Lipinski definition) is 4. The van der Waals surface area contributed by atoms with Crippen molar-refractivity contribution < 1.29 is 31.2 Å². The van der Waals surface area contributed by atoms with Gasteiger partial charge in [-0.05, 0) is 62.1 Å². The molecule has 2 amide bonds. The number of hydrogen-bond donors (Lipinski definition) is 1. The van der Waals surface area contributed by atoms with Gasteiger partial charge >= 0.3 is 6.18 Å². The summed E-state index contributed by atoms with van der Waals surface area (Å²) < 4.78 is 69.3. The lowest BCUT2D eigenvalue weighted by atomic mass is 10.1. The maximum Gasteiger partial charge on any atom is 0.416 e. The molecule has 0 spiro atoms. The van der Waals surface area contributed by atoms with Crippen molar-refractivity contribution in [3.05, 3.63) is 95.6 Å². The molecule has 0 saturated heterocycles. The summed E-state index contributed by atoms with van der Waals surface area (Å²) in [6, 6.07) is 18.1. The summed E-state index contributed by atoms with van der Waals surface area (Å²) in [5.41, 5.74) is 0.326. The average molecular weight is 618 g/mol. The van der Waals surface area contributed by atoms with Crippen LogP contribution in [0, 0.1) is 6.92 Å². The van der Waals surface area contributed by atoms with E-state index in [0.29, 0.717) is 23.3 Å². The van der Waals surface area contributed by atoms with Gasteiger partial charge in [0.05, 0.1) is 16.1 Å². The molecule has 3 aromatic rings. The molecular weight excluding hydrogens is 579 g/mol. The van der Waals surface area contributed by atoms with Gasteiger partial charge in [0.15, 0.2) is 0 Å². The van der Waals surface area contributed by atoms with E-state index in [1.165, 1.54) is 23.1 Å². The highest BCUT2D eigenvalue weighted by Gasteiger charge is 2.35. The number of aryl methyl sites for hydroxylation is 1. The van der Waals surface area contributed by atoms with Crippen molar-refractivity contribution in [2.45, 2.75) is 63.6 Å². The highest BCUT2D eigenvalue weighted by Crippen LogP contribution is 2.33. The van der Waals surface area contributed by atoms with Gasteiger partial charge in [0.1, 0.15) is 12.6 Å². The molecule has 0 aromatic heterocycles. The van der Waals surface area contributed by atoms with Crippen LogP contribution < -0.4 is 9.62 Å². The SMILES string of the molecule is CCCCNC(=O)[C@@H](CC)N(CCc1ccccc1)C(=O)CN(c1cccc(C(F)(F)F)c1)S(=O)(=O)c1ccc(C)cc1. The Morgan fingerprint density at radius 2 is 1.60 bits per heavy atom. The fraction of sp³-hybridized carbons (Fsp3) is 0.375. The molecule has 0 fully saturated rings. The third-order valence-corrected chi connectivity index (χ3v) is 8.84. The Bertz CT molecular complexity index is 1460. The summed E-state index contributed by atoms with van der Waals surface area (Å²) >= 11 is 0. The monoisotopic (exact) mass is 617 g/mol. The minimum atomic E-state index is -4.73. The van der Waals surface area contributed by atoms with Gasteiger partial charge in [0.2, 0.25) is 11.8 Å². The van der Waals surface area contributed by atoms with Crippen molar-refractivity contribution in [1.29, 1.82) is 0 Å². The van der Waals surface area contributed by atoms with Gasteiger partial charge in [-0.2, -0.15) is 13.2 Å². The molecule has 3 rings (SSSR count). The van der Waals surface area contributed by atoms with Gasteiger partial charge in [0.25, 0.3) is 10.0 Å². The highest BCUT2D eigenvalue weighted by atomic mass is 32.2. The number of sulfonamides is 1. The summed E-state index contributed by atoms with van der Waals surface area (Å²) in [6.07, 6.45) is -2.48. The lowest BCUT2D eigenvalue weighted by Gasteiger charge is -2.33. The Morgan fingerprint density at radius 3 is 2.21 bits per heavy atom. The van der Waals surface area contributed by atoms with E-state index in [1.807, 2.05) is 37.3 Å². The predicted molar refractivity (Wildman–Crippen MR) is 161 cm³/mol. The number of nitrogens with zero attached hydrogens (tertiary/aromatic N) is 2. The Hall–Kier alpha value is -3.86. The van der Waals surface area contributed by atoms with Gasteiger partial charge in [-0.1, -0.05) is 74.4 Å². The quantitative estimate of drug-likeness (QED) is 0.226. The number of unbranched alkanes of at least 4 members (excludes halogenated alkanes) is 1. The first-order valence-electron chi connectivity index (χ1n) is 14.3. The van der Waals surface area contributed by atoms with Crippen molar-refractivity contribution in [2.75, 3.05) is 23.9 Å². The number of carbonyl (C=O) groups is 2. The van der Waals surface area contributed by atoms with E-state index in [-0.39, 0.29) is 29.5 Å². The molecule has 0 bridgehead atoms. The van der Waals surface area contributed by atoms with Crippen LogP contribution in [0.4, 0.5) is 18.9 Å². The number of carbonyl (C=O) groups excluding carboxylic acids is 2. The molecule has 0 aliphatic carbocycles. The normalized spacial score (nSPS) is 12.4. The van der Waals surface area contributed by atoms with Crippen molar-refractivity contribution in [1.82, 2.24) is 10.2 Å². The zero-order valence-electron chi connectivity index (χ0n) is 24.6. The highest BCUT2D eigenvalue weighted by molar-refractivity contribution is 7.92. The van der Waals surface area contributed by atoms with Gasteiger partial charge in [0, 0.05) is 13.1 Å². The third kappa shape index (κ3) is 9.06. The van der Waals surface area contributed by atoms with E-state index >= 15 is 0 Å². The number of alkyl halides is 3. The second-order valence-electron chi connectivity index (χ2n) is 10.3. The summed E-state index contributed by atoms with van der Waals surface area (Å²) in [6.45, 7) is 5.22. The molecule has 0 aliphatic rings. The Morgan fingerprint density at radius 1 is 0.930 bits per heavy atom. The number of amides is 2. The fourth-order valence-electron chi connectivity index (χ4n) is 4.61. The largest absolute Gasteiger partial charge is 0.416 e. The van der Waals surface area contributed by atoms with Crippen molar-refractivity contribution in [3.63, 3.8) is 0 Å². The smallest absolute Gasteiger partial charge is 0.354 e. The molecule has 0 radical (unpaired) electrons. The number of rotatable bonds is 14. The Kier molecular flexibility index (Phi) is 11.8. The first kappa shape index (κ1) is 33.6. The molecule has 1 N–H and O–H groups in total. The van der Waals surface area contributed by atoms with Gasteiger partial charge in [-0.3, -0.25) is 13.9 Å². The van der Waals surface area contributed by atoms with Crippen LogP contribution in [0.3, 0.4) is 0 Å². The van der Waals surface area contributed by atoms with Crippen LogP contribution in [-0.4, -0.2) is 50.8 Å². The molecule has 232 valence electrons. The van der Waals surface area contributed by atoms with E-state index in [2.05, 4.69) is 5.32 Å². The summed E-state index contributed by atoms with van der Waals surface area (Å²) in [7, 11) is -4.48. The minimum Gasteiger partial charge on any atom is -0.354 e. The zero-order chi connectivity index (χ0) is 31.6. The van der Waals surface area contributed by atoms with Crippen molar-refractivity contribution in [3.8, 4) is 0 Å². The van der Waals surface area contributed by atoms with E-state index in [9.17, 15) is 31.2 Å². The van der Waals surface area contributed by atoms with Crippen LogP contribution in [0.2, 0.25) is 0 Å². The molecule has 1 atom stereocenters. The molecule has 0 heterocycles. The van der Waals surface area contributed by atoms with Gasteiger partial charge in [-0.15, -0.1) is 0 Å². The predicted octanol–water partition coefficient (Wildman–Crippen LogP) is 5.98. The van der Waals surface area contributed by atoms with Crippen LogP contribution in [0.15, 0.2) is 83.8 Å². The standard InChI is InChI=1S/C32H38F3N3O4S/c1-4-6-20-36-31(40)29(5-2)37(21-19-25-11-8-7-9-12-25)30(39)23-38(27-14-10-13-26(22-27)32(33,34)35)43(41,42)28-17-15-24(3)16-18-28/h7-18,22,29H,4-6,19-21,23H2,1-3H3,(H,36,40)/t29-/m1/s1. The fourth-order valence-corrected chi connectivity index (χ4v) is 6.01. The molecule has 43 heavy (non-hydrogen) atoms. The van der Waals surface area contributed by atoms with Gasteiger partial charge in [-0.25, -0.2) is 8.42 Å². The molecular formula is C32H38F3N3O4S. The molecule has 0 saturated carbocycles. The molecule has 0 unspecified atom stereocenters. The first-order valence-corrected chi connectivity index (χ1v) is 15.7. The summed E-state index contributed by atoms with van der Waals surface area (Å²) in [5, 5.41) is 2.85. The van der Waals surface area contributed by atoms with E-state index in [1.54, 1.807) is 26.0 Å². The number of anilines is 1. The maximum absolute atomic E-state index is 14.0. The minimum absolute atomic E-state index is 0.101. The average Bonchev–Trinajstić information content (AvgIpc) is 2.98. The van der Waals surface area contributed by atoms with Crippen molar-refractivity contribution in [2.24, 2.45) is 0 Å². The van der Waals surface area contributed by atoms with Gasteiger partial charge < -0.3 is 10.2 Å². The second kappa shape index (κ2) is 15.0. The van der Waals surface area contributed by atoms with Crippen molar-refractivity contribution >= 4 is 27.5 Å². The zero-order valence-corrected chi connectivity index (χ0v) is 25.4. The summed E-state index contributed by atoms with van der Waals surface area (Å²) in [4.78, 5) is 28.4. The number of benzene rings is 3. The lowest BCUT2D eigenvalue weighted by molar-refractivity contribution is -0.139. The topological polar surface area (TPSA) is 86.8 Å².